The number of fused-ring (bicyclic) bond motifs is 1. The fourth-order valence-corrected chi connectivity index (χ4v) is 3.35. The van der Waals surface area contributed by atoms with Gasteiger partial charge in [0.25, 0.3) is 0 Å². The average molecular weight is 349 g/mol. The Hall–Kier alpha value is -3.12. The van der Waals surface area contributed by atoms with Crippen molar-refractivity contribution < 1.29 is 9.52 Å². The third-order valence-electron chi connectivity index (χ3n) is 3.75. The van der Waals surface area contributed by atoms with Gasteiger partial charge in [-0.05, 0) is 29.8 Å². The SMILES string of the molecule is CN=c1scc(-c2cc3ccccc3o2)n1N=Cc1cccc(O)c1. The number of nitrogens with zero attached hydrogens (tertiary/aromatic N) is 3. The lowest BCUT2D eigenvalue weighted by atomic mass is 10.2. The fourth-order valence-electron chi connectivity index (χ4n) is 2.57. The highest BCUT2D eigenvalue weighted by molar-refractivity contribution is 7.07. The molecule has 0 unspecified atom stereocenters. The Balaban J connectivity index is 1.81. The number of aromatic hydroxyl groups is 1. The summed E-state index contributed by atoms with van der Waals surface area (Å²) in [6, 6.07) is 16.8. The Labute approximate surface area is 147 Å². The number of thiazole rings is 1. The molecular weight excluding hydrogens is 334 g/mol. The fraction of sp³-hybridized carbons (Fsp3) is 0.0526. The van der Waals surface area contributed by atoms with E-state index in [1.54, 1.807) is 36.1 Å². The Morgan fingerprint density at radius 2 is 2.00 bits per heavy atom. The molecule has 2 aromatic heterocycles. The average Bonchev–Trinajstić information content (AvgIpc) is 3.23. The quantitative estimate of drug-likeness (QED) is 0.567. The molecule has 2 heterocycles. The molecule has 1 N–H and O–H groups in total. The maximum atomic E-state index is 9.58. The van der Waals surface area contributed by atoms with Gasteiger partial charge >= 0.3 is 0 Å². The van der Waals surface area contributed by atoms with Crippen LogP contribution >= 0.6 is 11.3 Å². The maximum Gasteiger partial charge on any atom is 0.206 e. The Morgan fingerprint density at radius 3 is 2.80 bits per heavy atom. The first kappa shape index (κ1) is 15.4. The first-order chi connectivity index (χ1) is 12.2. The zero-order valence-corrected chi connectivity index (χ0v) is 14.3. The summed E-state index contributed by atoms with van der Waals surface area (Å²) in [5, 5.41) is 17.1. The van der Waals surface area contributed by atoms with Gasteiger partial charge in [0.05, 0.1) is 6.21 Å². The third kappa shape index (κ3) is 2.99. The summed E-state index contributed by atoms with van der Waals surface area (Å²) in [6.07, 6.45) is 1.69. The van der Waals surface area contributed by atoms with E-state index in [4.69, 9.17) is 4.42 Å². The van der Waals surface area contributed by atoms with E-state index in [2.05, 4.69) is 10.1 Å². The predicted octanol–water partition coefficient (Wildman–Crippen LogP) is 4.08. The highest BCUT2D eigenvalue weighted by atomic mass is 32.1. The Morgan fingerprint density at radius 1 is 1.12 bits per heavy atom. The summed E-state index contributed by atoms with van der Waals surface area (Å²) in [7, 11) is 1.73. The second kappa shape index (κ2) is 6.41. The molecule has 25 heavy (non-hydrogen) atoms. The molecule has 2 aromatic carbocycles. The van der Waals surface area contributed by atoms with E-state index in [9.17, 15) is 5.11 Å². The molecule has 0 spiro atoms. The second-order valence-electron chi connectivity index (χ2n) is 5.43. The van der Waals surface area contributed by atoms with Gasteiger partial charge in [0.2, 0.25) is 4.80 Å². The van der Waals surface area contributed by atoms with E-state index in [-0.39, 0.29) is 5.75 Å². The van der Waals surface area contributed by atoms with Gasteiger partial charge in [0.1, 0.15) is 17.0 Å². The van der Waals surface area contributed by atoms with Crippen LogP contribution in [0.2, 0.25) is 0 Å². The number of rotatable bonds is 3. The Bertz CT molecular complexity index is 1100. The van der Waals surface area contributed by atoms with Crippen molar-refractivity contribution in [1.29, 1.82) is 0 Å². The van der Waals surface area contributed by atoms with Gasteiger partial charge in [-0.2, -0.15) is 5.10 Å². The maximum absolute atomic E-state index is 9.58. The van der Waals surface area contributed by atoms with E-state index < -0.39 is 0 Å². The molecule has 124 valence electrons. The van der Waals surface area contributed by atoms with E-state index in [0.717, 1.165) is 32.8 Å². The number of aromatic nitrogens is 1. The molecule has 6 heteroatoms. The summed E-state index contributed by atoms with van der Waals surface area (Å²) in [5.41, 5.74) is 2.47. The van der Waals surface area contributed by atoms with Gasteiger partial charge in [-0.15, -0.1) is 11.3 Å². The van der Waals surface area contributed by atoms with Crippen LogP contribution in [0.15, 0.2) is 74.5 Å². The van der Waals surface area contributed by atoms with Crippen molar-refractivity contribution >= 4 is 28.5 Å². The standard InChI is InChI=1S/C19H15N3O2S/c1-20-19-22(21-11-13-5-4-7-15(23)9-13)16(12-25-19)18-10-14-6-2-3-8-17(14)24-18/h2-12,23H,1H3. The van der Waals surface area contributed by atoms with E-state index in [1.807, 2.05) is 41.8 Å². The minimum atomic E-state index is 0.206. The van der Waals surface area contributed by atoms with Crippen molar-refractivity contribution in [3.05, 3.63) is 70.3 Å². The summed E-state index contributed by atoms with van der Waals surface area (Å²) in [6.45, 7) is 0. The number of para-hydroxylation sites is 1. The topological polar surface area (TPSA) is 63.0 Å². The monoisotopic (exact) mass is 349 g/mol. The van der Waals surface area contributed by atoms with Crippen LogP contribution in [0.4, 0.5) is 0 Å². The number of hydrogen-bond donors (Lipinski definition) is 1. The zero-order valence-electron chi connectivity index (χ0n) is 13.5. The lowest BCUT2D eigenvalue weighted by Gasteiger charge is -2.00. The van der Waals surface area contributed by atoms with Crippen LogP contribution < -0.4 is 4.80 Å². The smallest absolute Gasteiger partial charge is 0.206 e. The number of phenols is 1. The van der Waals surface area contributed by atoms with Gasteiger partial charge in [-0.25, -0.2) is 4.68 Å². The molecule has 0 saturated carbocycles. The third-order valence-corrected chi connectivity index (χ3v) is 4.65. The molecule has 4 rings (SSSR count). The number of benzene rings is 2. The summed E-state index contributed by atoms with van der Waals surface area (Å²) >= 11 is 1.49. The van der Waals surface area contributed by atoms with Crippen molar-refractivity contribution in [3.8, 4) is 17.2 Å². The molecule has 0 atom stereocenters. The van der Waals surface area contributed by atoms with E-state index >= 15 is 0 Å². The van der Waals surface area contributed by atoms with Crippen LogP contribution in [-0.4, -0.2) is 23.0 Å². The van der Waals surface area contributed by atoms with Crippen LogP contribution in [0.1, 0.15) is 5.56 Å². The van der Waals surface area contributed by atoms with Crippen LogP contribution in [0.5, 0.6) is 5.75 Å². The molecule has 0 aliphatic carbocycles. The summed E-state index contributed by atoms with van der Waals surface area (Å²) < 4.78 is 7.70. The van der Waals surface area contributed by atoms with E-state index in [0.29, 0.717) is 0 Å². The molecular formula is C19H15N3O2S. The predicted molar refractivity (Wildman–Crippen MR) is 100 cm³/mol. The first-order valence-corrected chi connectivity index (χ1v) is 8.58. The number of furan rings is 1. The normalized spacial score (nSPS) is 12.4. The van der Waals surface area contributed by atoms with Crippen LogP contribution in [0, 0.1) is 0 Å². The first-order valence-electron chi connectivity index (χ1n) is 7.70. The van der Waals surface area contributed by atoms with Crippen molar-refractivity contribution in [3.63, 3.8) is 0 Å². The summed E-state index contributed by atoms with van der Waals surface area (Å²) in [4.78, 5) is 5.03. The molecule has 4 aromatic rings. The molecule has 0 aliphatic rings. The highest BCUT2D eigenvalue weighted by Crippen LogP contribution is 2.28. The largest absolute Gasteiger partial charge is 0.508 e. The number of phenolic OH excluding ortho intramolecular Hbond substituents is 1. The van der Waals surface area contributed by atoms with Crippen LogP contribution in [-0.2, 0) is 0 Å². The van der Waals surface area contributed by atoms with Crippen LogP contribution in [0.25, 0.3) is 22.4 Å². The Kier molecular flexibility index (Phi) is 3.95. The lowest BCUT2D eigenvalue weighted by Crippen LogP contribution is -2.11. The molecule has 0 amide bonds. The molecule has 0 saturated heterocycles. The molecule has 0 fully saturated rings. The van der Waals surface area contributed by atoms with Crippen molar-refractivity contribution in [1.82, 2.24) is 4.68 Å². The van der Waals surface area contributed by atoms with Gasteiger partial charge in [-0.3, -0.25) is 4.99 Å². The minimum Gasteiger partial charge on any atom is -0.508 e. The van der Waals surface area contributed by atoms with Crippen molar-refractivity contribution in [2.24, 2.45) is 10.1 Å². The van der Waals surface area contributed by atoms with Crippen molar-refractivity contribution in [2.45, 2.75) is 0 Å². The minimum absolute atomic E-state index is 0.206. The van der Waals surface area contributed by atoms with Gasteiger partial charge in [-0.1, -0.05) is 30.3 Å². The zero-order chi connectivity index (χ0) is 17.2. The van der Waals surface area contributed by atoms with Gasteiger partial charge in [0.15, 0.2) is 5.76 Å². The molecule has 5 nitrogen and oxygen atoms in total. The molecule has 0 bridgehead atoms. The summed E-state index contributed by atoms with van der Waals surface area (Å²) in [5.74, 6) is 0.942. The molecule has 0 aliphatic heterocycles. The highest BCUT2D eigenvalue weighted by Gasteiger charge is 2.12. The van der Waals surface area contributed by atoms with E-state index in [1.165, 1.54) is 11.3 Å². The van der Waals surface area contributed by atoms with Gasteiger partial charge in [0, 0.05) is 17.8 Å². The number of hydrogen-bond acceptors (Lipinski definition) is 5. The van der Waals surface area contributed by atoms with Crippen molar-refractivity contribution in [2.75, 3.05) is 7.05 Å². The second-order valence-corrected chi connectivity index (χ2v) is 6.26. The molecule has 0 radical (unpaired) electrons. The lowest BCUT2D eigenvalue weighted by molar-refractivity contribution is 0.475. The van der Waals surface area contributed by atoms with Crippen LogP contribution in [0.3, 0.4) is 0 Å². The van der Waals surface area contributed by atoms with Gasteiger partial charge < -0.3 is 9.52 Å².